The summed E-state index contributed by atoms with van der Waals surface area (Å²) in [6.07, 6.45) is 5.25. The number of carbonyl (C=O) groups is 2. The van der Waals surface area contributed by atoms with Gasteiger partial charge in [0.2, 0.25) is 5.91 Å². The minimum atomic E-state index is -0.257. The number of benzene rings is 2. The topological polar surface area (TPSA) is 63.5 Å². The van der Waals surface area contributed by atoms with E-state index in [1.165, 1.54) is 18.6 Å². The molecule has 4 aromatic rings. The molecular formula is C26H23N3O2. The average molecular weight is 409 g/mol. The van der Waals surface area contributed by atoms with Crippen LogP contribution in [0.1, 0.15) is 34.1 Å². The monoisotopic (exact) mass is 409 g/mol. The van der Waals surface area contributed by atoms with Gasteiger partial charge in [-0.15, -0.1) is 0 Å². The predicted molar refractivity (Wildman–Crippen MR) is 124 cm³/mol. The van der Waals surface area contributed by atoms with Gasteiger partial charge in [-0.1, -0.05) is 29.8 Å². The van der Waals surface area contributed by atoms with Crippen molar-refractivity contribution >= 4 is 29.1 Å². The zero-order valence-corrected chi connectivity index (χ0v) is 17.7. The molecule has 0 atom stereocenters. The van der Waals surface area contributed by atoms with Gasteiger partial charge in [-0.25, -0.2) is 4.98 Å². The van der Waals surface area contributed by atoms with Gasteiger partial charge < -0.3 is 5.32 Å². The fraction of sp³-hybridized carbons (Fsp3) is 0.115. The van der Waals surface area contributed by atoms with Crippen molar-refractivity contribution < 1.29 is 9.59 Å². The number of imidazole rings is 1. The largest absolute Gasteiger partial charge is 0.323 e. The lowest BCUT2D eigenvalue weighted by molar-refractivity contribution is -0.111. The van der Waals surface area contributed by atoms with Gasteiger partial charge in [-0.3, -0.25) is 14.0 Å². The maximum Gasteiger partial charge on any atom is 0.248 e. The highest BCUT2D eigenvalue weighted by Gasteiger charge is 2.12. The normalized spacial score (nSPS) is 11.2. The number of anilines is 1. The molecule has 0 unspecified atom stereocenters. The quantitative estimate of drug-likeness (QED) is 0.351. The van der Waals surface area contributed by atoms with Gasteiger partial charge in [-0.2, -0.15) is 0 Å². The molecule has 0 bridgehead atoms. The van der Waals surface area contributed by atoms with E-state index in [0.717, 1.165) is 28.2 Å². The number of aryl methyl sites for hydroxylation is 2. The van der Waals surface area contributed by atoms with Crippen molar-refractivity contribution in [1.29, 1.82) is 0 Å². The molecule has 2 aromatic carbocycles. The number of nitrogens with one attached hydrogen (secondary N) is 1. The van der Waals surface area contributed by atoms with Gasteiger partial charge in [0.1, 0.15) is 5.65 Å². The summed E-state index contributed by atoms with van der Waals surface area (Å²) < 4.78 is 1.98. The Hall–Kier alpha value is -3.99. The Bertz CT molecular complexity index is 1300. The van der Waals surface area contributed by atoms with Crippen LogP contribution in [0.4, 0.5) is 5.69 Å². The first-order valence-corrected chi connectivity index (χ1v) is 10.1. The number of hydrogen-bond donors (Lipinski definition) is 1. The number of rotatable bonds is 5. The SMILES string of the molecule is CC(=O)c1ccc(NC(=O)/C=C/c2c(-c3ccc(C)cc3)nc3cc(C)ccn23)cc1. The lowest BCUT2D eigenvalue weighted by Gasteiger charge is -2.04. The summed E-state index contributed by atoms with van der Waals surface area (Å²) in [5, 5.41) is 2.83. The van der Waals surface area contributed by atoms with Crippen molar-refractivity contribution in [2.75, 3.05) is 5.32 Å². The fourth-order valence-corrected chi connectivity index (χ4v) is 3.38. The predicted octanol–water partition coefficient (Wildman–Crippen LogP) is 5.47. The lowest BCUT2D eigenvalue weighted by atomic mass is 10.1. The van der Waals surface area contributed by atoms with Crippen molar-refractivity contribution in [1.82, 2.24) is 9.38 Å². The van der Waals surface area contributed by atoms with Crippen LogP contribution in [-0.4, -0.2) is 21.1 Å². The van der Waals surface area contributed by atoms with E-state index in [1.807, 2.05) is 48.7 Å². The zero-order chi connectivity index (χ0) is 22.0. The molecule has 0 aliphatic carbocycles. The van der Waals surface area contributed by atoms with Gasteiger partial charge in [-0.05, 0) is 68.8 Å². The number of aromatic nitrogens is 2. The Labute approximate surface area is 181 Å². The number of fused-ring (bicyclic) bond motifs is 1. The Kier molecular flexibility index (Phi) is 5.50. The second-order valence-electron chi connectivity index (χ2n) is 7.60. The first kappa shape index (κ1) is 20.3. The van der Waals surface area contributed by atoms with Gasteiger partial charge in [0.05, 0.1) is 11.4 Å². The van der Waals surface area contributed by atoms with Crippen LogP contribution in [0.15, 0.2) is 72.9 Å². The molecule has 1 N–H and O–H groups in total. The smallest absolute Gasteiger partial charge is 0.248 e. The van der Waals surface area contributed by atoms with Gasteiger partial charge in [0.15, 0.2) is 5.78 Å². The molecule has 4 rings (SSSR count). The molecule has 31 heavy (non-hydrogen) atoms. The van der Waals surface area contributed by atoms with E-state index in [1.54, 1.807) is 30.3 Å². The van der Waals surface area contributed by atoms with Crippen molar-refractivity contribution in [2.45, 2.75) is 20.8 Å². The van der Waals surface area contributed by atoms with Crippen molar-refractivity contribution in [3.63, 3.8) is 0 Å². The first-order chi connectivity index (χ1) is 14.9. The molecule has 0 spiro atoms. The van der Waals surface area contributed by atoms with Crippen molar-refractivity contribution in [3.8, 4) is 11.3 Å². The maximum atomic E-state index is 12.5. The molecule has 5 heteroatoms. The second-order valence-corrected chi connectivity index (χ2v) is 7.60. The van der Waals surface area contributed by atoms with E-state index < -0.39 is 0 Å². The summed E-state index contributed by atoms with van der Waals surface area (Å²) in [6.45, 7) is 5.59. The summed E-state index contributed by atoms with van der Waals surface area (Å²) in [5.41, 5.74) is 7.01. The van der Waals surface area contributed by atoms with Crippen LogP contribution in [0.25, 0.3) is 23.0 Å². The van der Waals surface area contributed by atoms with E-state index in [9.17, 15) is 9.59 Å². The molecule has 154 valence electrons. The van der Waals surface area contributed by atoms with Crippen LogP contribution in [0.5, 0.6) is 0 Å². The van der Waals surface area contributed by atoms with E-state index in [-0.39, 0.29) is 11.7 Å². The molecule has 0 radical (unpaired) electrons. The van der Waals surface area contributed by atoms with Gasteiger partial charge in [0.25, 0.3) is 0 Å². The molecule has 0 aliphatic rings. The number of Topliss-reactive ketones (excluding diaryl/α,β-unsaturated/α-hetero) is 1. The first-order valence-electron chi connectivity index (χ1n) is 10.1. The second kappa shape index (κ2) is 8.40. The lowest BCUT2D eigenvalue weighted by Crippen LogP contribution is -2.08. The average Bonchev–Trinajstić information content (AvgIpc) is 3.10. The van der Waals surface area contributed by atoms with E-state index in [2.05, 4.69) is 17.4 Å². The highest BCUT2D eigenvalue weighted by atomic mass is 16.1. The van der Waals surface area contributed by atoms with Crippen LogP contribution in [0.2, 0.25) is 0 Å². The molecule has 2 heterocycles. The minimum absolute atomic E-state index is 0.00995. The standard InChI is InChI=1S/C26H23N3O2/c1-17-4-6-21(7-5-17)26-23(29-15-14-18(2)16-24(29)28-26)12-13-25(31)27-22-10-8-20(9-11-22)19(3)30/h4-16H,1-3H3,(H,27,31)/b13-12+. The maximum absolute atomic E-state index is 12.5. The van der Waals surface area contributed by atoms with Crippen LogP contribution >= 0.6 is 0 Å². The number of amides is 1. The number of nitrogens with zero attached hydrogens (tertiary/aromatic N) is 2. The summed E-state index contributed by atoms with van der Waals surface area (Å²) in [5.74, 6) is -0.267. The molecule has 2 aromatic heterocycles. The summed E-state index contributed by atoms with van der Waals surface area (Å²) in [6, 6.07) is 19.1. The van der Waals surface area contributed by atoms with Crippen LogP contribution in [-0.2, 0) is 4.79 Å². The number of carbonyl (C=O) groups excluding carboxylic acids is 2. The third-order valence-electron chi connectivity index (χ3n) is 5.10. The van der Waals surface area contributed by atoms with Crippen LogP contribution in [0, 0.1) is 13.8 Å². The third kappa shape index (κ3) is 4.46. The van der Waals surface area contributed by atoms with Crippen molar-refractivity contribution in [2.24, 2.45) is 0 Å². The Morgan fingerprint density at radius 2 is 1.65 bits per heavy atom. The third-order valence-corrected chi connectivity index (χ3v) is 5.10. The van der Waals surface area contributed by atoms with E-state index in [4.69, 9.17) is 4.98 Å². The summed E-state index contributed by atoms with van der Waals surface area (Å²) in [4.78, 5) is 28.7. The van der Waals surface area contributed by atoms with Crippen LogP contribution < -0.4 is 5.32 Å². The molecule has 0 aliphatic heterocycles. The Balaban J connectivity index is 1.65. The number of ketones is 1. The molecule has 0 saturated carbocycles. The molecule has 5 nitrogen and oxygen atoms in total. The zero-order valence-electron chi connectivity index (χ0n) is 17.7. The summed E-state index contributed by atoms with van der Waals surface area (Å²) >= 11 is 0. The molecule has 1 amide bonds. The number of hydrogen-bond acceptors (Lipinski definition) is 3. The van der Waals surface area contributed by atoms with Crippen LogP contribution in [0.3, 0.4) is 0 Å². The van der Waals surface area contributed by atoms with Crippen molar-refractivity contribution in [3.05, 3.63) is 95.3 Å². The van der Waals surface area contributed by atoms with Gasteiger partial charge in [0, 0.05) is 29.1 Å². The highest BCUT2D eigenvalue weighted by Crippen LogP contribution is 2.26. The number of pyridine rings is 1. The highest BCUT2D eigenvalue weighted by molar-refractivity contribution is 6.02. The van der Waals surface area contributed by atoms with E-state index >= 15 is 0 Å². The minimum Gasteiger partial charge on any atom is -0.323 e. The fourth-order valence-electron chi connectivity index (χ4n) is 3.38. The van der Waals surface area contributed by atoms with E-state index in [0.29, 0.717) is 11.3 Å². The Morgan fingerprint density at radius 3 is 2.32 bits per heavy atom. The molecule has 0 saturated heterocycles. The molecule has 0 fully saturated rings. The van der Waals surface area contributed by atoms with Gasteiger partial charge >= 0.3 is 0 Å². The summed E-state index contributed by atoms with van der Waals surface area (Å²) in [7, 11) is 0. The Morgan fingerprint density at radius 1 is 0.935 bits per heavy atom. The molecular weight excluding hydrogens is 386 g/mol.